The molecule has 21 heavy (non-hydrogen) atoms. The largest absolute Gasteiger partial charge is 0.497 e. The first kappa shape index (κ1) is 18.3. The highest BCUT2D eigenvalue weighted by molar-refractivity contribution is 7.98. The van der Waals surface area contributed by atoms with Gasteiger partial charge in [0, 0.05) is 12.3 Å². The van der Waals surface area contributed by atoms with Crippen LogP contribution in [0.25, 0.3) is 0 Å². The van der Waals surface area contributed by atoms with Gasteiger partial charge in [0.2, 0.25) is 10.0 Å². The maximum absolute atomic E-state index is 12.5. The molecule has 0 saturated heterocycles. The second-order valence-electron chi connectivity index (χ2n) is 5.34. The second kappa shape index (κ2) is 7.00. The van der Waals surface area contributed by atoms with Crippen molar-refractivity contribution in [2.24, 2.45) is 0 Å². The highest BCUT2D eigenvalue weighted by Gasteiger charge is 2.26. The molecule has 0 amide bonds. The summed E-state index contributed by atoms with van der Waals surface area (Å²) in [6, 6.07) is 3.36. The molecule has 7 heteroatoms. The zero-order chi connectivity index (χ0) is 16.3. The first-order chi connectivity index (χ1) is 9.63. The van der Waals surface area contributed by atoms with Gasteiger partial charge in [-0.05, 0) is 50.3 Å². The van der Waals surface area contributed by atoms with E-state index in [-0.39, 0.29) is 11.4 Å². The Hall–Kier alpha value is -0.760. The normalized spacial score (nSPS) is 14.8. The van der Waals surface area contributed by atoms with Crippen molar-refractivity contribution in [1.82, 2.24) is 4.72 Å². The molecule has 1 aromatic rings. The van der Waals surface area contributed by atoms with E-state index in [2.05, 4.69) is 4.72 Å². The molecule has 0 aliphatic carbocycles. The van der Waals surface area contributed by atoms with Crippen LogP contribution in [-0.2, 0) is 10.0 Å². The van der Waals surface area contributed by atoms with Gasteiger partial charge in [-0.1, -0.05) is 0 Å². The van der Waals surface area contributed by atoms with Gasteiger partial charge >= 0.3 is 0 Å². The summed E-state index contributed by atoms with van der Waals surface area (Å²) in [6.45, 7) is 5.04. The molecule has 0 heterocycles. The first-order valence-electron chi connectivity index (χ1n) is 6.49. The molecule has 1 aromatic carbocycles. The minimum absolute atomic E-state index is 0.0267. The fourth-order valence-electron chi connectivity index (χ4n) is 2.14. The summed E-state index contributed by atoms with van der Waals surface area (Å²) in [5.74, 6) is 1.08. The third-order valence-electron chi connectivity index (χ3n) is 3.04. The Morgan fingerprint density at radius 1 is 1.33 bits per heavy atom. The van der Waals surface area contributed by atoms with Gasteiger partial charge in [-0.15, -0.1) is 0 Å². The zero-order valence-electron chi connectivity index (χ0n) is 13.1. The molecule has 0 bridgehead atoms. The number of hydrogen-bond acceptors (Lipinski definition) is 5. The number of rotatable bonds is 7. The predicted octanol–water partition coefficient (Wildman–Crippen LogP) is 1.70. The smallest absolute Gasteiger partial charge is 0.241 e. The standard InChI is InChI=1S/C14H23NO4S2/c1-10-6-12(19-4)7-11(2)13(10)21(17,18)15-8-14(3,16)9-20-5/h6-7,15-16H,8-9H2,1-5H3. The molecule has 0 saturated carbocycles. The monoisotopic (exact) mass is 333 g/mol. The molecule has 0 fully saturated rings. The summed E-state index contributed by atoms with van der Waals surface area (Å²) in [7, 11) is -2.13. The molecule has 0 aromatic heterocycles. The number of thioether (sulfide) groups is 1. The van der Waals surface area contributed by atoms with Gasteiger partial charge in [0.1, 0.15) is 5.75 Å². The number of aryl methyl sites for hydroxylation is 2. The average molecular weight is 333 g/mol. The summed E-state index contributed by atoms with van der Waals surface area (Å²) in [4.78, 5) is 0.239. The van der Waals surface area contributed by atoms with Gasteiger partial charge in [0.15, 0.2) is 0 Å². The lowest BCUT2D eigenvalue weighted by molar-refractivity contribution is 0.0908. The number of aliphatic hydroxyl groups is 1. The number of benzene rings is 1. The summed E-state index contributed by atoms with van der Waals surface area (Å²) in [5, 5.41) is 10.1. The molecule has 0 aliphatic rings. The van der Waals surface area contributed by atoms with Crippen LogP contribution in [0.3, 0.4) is 0 Å². The number of hydrogen-bond donors (Lipinski definition) is 2. The van der Waals surface area contributed by atoms with Crippen LogP contribution in [0.5, 0.6) is 5.75 Å². The highest BCUT2D eigenvalue weighted by Crippen LogP contribution is 2.25. The Labute approximate surface area is 131 Å². The second-order valence-corrected chi connectivity index (χ2v) is 7.91. The van der Waals surface area contributed by atoms with Crippen molar-refractivity contribution in [2.45, 2.75) is 31.3 Å². The van der Waals surface area contributed by atoms with Crippen molar-refractivity contribution < 1.29 is 18.3 Å². The highest BCUT2D eigenvalue weighted by atomic mass is 32.2. The minimum atomic E-state index is -3.67. The van der Waals surface area contributed by atoms with Crippen molar-refractivity contribution >= 4 is 21.8 Å². The van der Waals surface area contributed by atoms with E-state index in [0.29, 0.717) is 22.6 Å². The SMILES string of the molecule is COc1cc(C)c(S(=O)(=O)NCC(C)(O)CSC)c(C)c1. The molecule has 120 valence electrons. The Morgan fingerprint density at radius 2 is 1.86 bits per heavy atom. The maximum Gasteiger partial charge on any atom is 0.241 e. The van der Waals surface area contributed by atoms with Crippen LogP contribution >= 0.6 is 11.8 Å². The topological polar surface area (TPSA) is 75.6 Å². The lowest BCUT2D eigenvalue weighted by atomic mass is 10.1. The molecule has 0 spiro atoms. The average Bonchev–Trinajstić information content (AvgIpc) is 2.35. The Kier molecular flexibility index (Phi) is 6.10. The van der Waals surface area contributed by atoms with Crippen LogP contribution in [-0.4, -0.2) is 44.8 Å². The first-order valence-corrected chi connectivity index (χ1v) is 9.37. The van der Waals surface area contributed by atoms with Crippen LogP contribution in [0.4, 0.5) is 0 Å². The van der Waals surface area contributed by atoms with Crippen molar-refractivity contribution in [3.05, 3.63) is 23.3 Å². The van der Waals surface area contributed by atoms with E-state index < -0.39 is 15.6 Å². The van der Waals surface area contributed by atoms with Gasteiger partial charge in [-0.2, -0.15) is 11.8 Å². The van der Waals surface area contributed by atoms with Crippen LogP contribution in [0.1, 0.15) is 18.1 Å². The third-order valence-corrected chi connectivity index (χ3v) is 5.65. The van der Waals surface area contributed by atoms with E-state index in [1.165, 1.54) is 11.8 Å². The van der Waals surface area contributed by atoms with E-state index in [4.69, 9.17) is 4.74 Å². The van der Waals surface area contributed by atoms with Gasteiger partial charge in [-0.3, -0.25) is 0 Å². The molecule has 0 radical (unpaired) electrons. The van der Waals surface area contributed by atoms with Crippen molar-refractivity contribution in [3.8, 4) is 5.75 Å². The Morgan fingerprint density at radius 3 is 2.29 bits per heavy atom. The number of ether oxygens (including phenoxy) is 1. The summed E-state index contributed by atoms with van der Waals surface area (Å²) >= 11 is 1.46. The molecule has 0 aliphatic heterocycles. The van der Waals surface area contributed by atoms with E-state index in [1.807, 2.05) is 6.26 Å². The van der Waals surface area contributed by atoms with E-state index in [1.54, 1.807) is 40.0 Å². The summed E-state index contributed by atoms with van der Waals surface area (Å²) < 4.78 is 32.5. The van der Waals surface area contributed by atoms with Gasteiger partial charge in [0.05, 0.1) is 17.6 Å². The number of nitrogens with one attached hydrogen (secondary N) is 1. The van der Waals surface area contributed by atoms with Crippen molar-refractivity contribution in [2.75, 3.05) is 25.7 Å². The van der Waals surface area contributed by atoms with Gasteiger partial charge in [-0.25, -0.2) is 13.1 Å². The van der Waals surface area contributed by atoms with Gasteiger partial charge < -0.3 is 9.84 Å². The minimum Gasteiger partial charge on any atom is -0.497 e. The van der Waals surface area contributed by atoms with E-state index in [9.17, 15) is 13.5 Å². The van der Waals surface area contributed by atoms with Crippen LogP contribution in [0.15, 0.2) is 17.0 Å². The fraction of sp³-hybridized carbons (Fsp3) is 0.571. The maximum atomic E-state index is 12.5. The third kappa shape index (κ3) is 4.88. The number of methoxy groups -OCH3 is 1. The Balaban J connectivity index is 3.04. The summed E-state index contributed by atoms with van der Waals surface area (Å²) in [6.07, 6.45) is 1.86. The van der Waals surface area contributed by atoms with Crippen LogP contribution in [0, 0.1) is 13.8 Å². The molecular formula is C14H23NO4S2. The predicted molar refractivity (Wildman–Crippen MR) is 86.7 cm³/mol. The molecule has 1 unspecified atom stereocenters. The van der Waals surface area contributed by atoms with Gasteiger partial charge in [0.25, 0.3) is 0 Å². The molecule has 1 atom stereocenters. The molecule has 5 nitrogen and oxygen atoms in total. The van der Waals surface area contributed by atoms with Crippen LogP contribution in [0.2, 0.25) is 0 Å². The molecule has 2 N–H and O–H groups in total. The van der Waals surface area contributed by atoms with Crippen molar-refractivity contribution in [1.29, 1.82) is 0 Å². The zero-order valence-corrected chi connectivity index (χ0v) is 14.7. The Bertz CT molecular complexity index is 574. The fourth-order valence-corrected chi connectivity index (χ4v) is 4.47. The summed E-state index contributed by atoms with van der Waals surface area (Å²) in [5.41, 5.74) is 0.147. The van der Waals surface area contributed by atoms with Crippen molar-refractivity contribution in [3.63, 3.8) is 0 Å². The van der Waals surface area contributed by atoms with E-state index >= 15 is 0 Å². The van der Waals surface area contributed by atoms with Crippen LogP contribution < -0.4 is 9.46 Å². The van der Waals surface area contributed by atoms with E-state index in [0.717, 1.165) is 0 Å². The molecular weight excluding hydrogens is 310 g/mol. The lowest BCUT2D eigenvalue weighted by Crippen LogP contribution is -2.42. The lowest BCUT2D eigenvalue weighted by Gasteiger charge is -2.23. The molecule has 1 rings (SSSR count). The number of sulfonamides is 1. The quantitative estimate of drug-likeness (QED) is 0.794.